The lowest BCUT2D eigenvalue weighted by Crippen LogP contribution is -2.46. The summed E-state index contributed by atoms with van der Waals surface area (Å²) in [5.74, 6) is -0.369. The van der Waals surface area contributed by atoms with Crippen LogP contribution in [0.1, 0.15) is 24.5 Å². The molecule has 3 N–H and O–H groups in total. The zero-order valence-electron chi connectivity index (χ0n) is 11.8. The van der Waals surface area contributed by atoms with Crippen molar-refractivity contribution in [2.24, 2.45) is 11.7 Å². The number of hydrogen-bond donors (Lipinski definition) is 2. The Hall–Kier alpha value is -1.39. The van der Waals surface area contributed by atoms with Crippen molar-refractivity contribution >= 4 is 5.97 Å². The van der Waals surface area contributed by atoms with Gasteiger partial charge in [0.1, 0.15) is 5.41 Å². The van der Waals surface area contributed by atoms with Gasteiger partial charge < -0.3 is 15.6 Å². The predicted molar refractivity (Wildman–Crippen MR) is 74.8 cm³/mol. The van der Waals surface area contributed by atoms with Crippen molar-refractivity contribution in [1.82, 2.24) is 0 Å². The van der Waals surface area contributed by atoms with Crippen LogP contribution in [0, 0.1) is 12.8 Å². The molecule has 4 heteroatoms. The largest absolute Gasteiger partial charge is 0.468 e. The number of esters is 1. The molecule has 0 aromatic heterocycles. The minimum absolute atomic E-state index is 0.0185. The third-order valence-corrected chi connectivity index (χ3v) is 3.59. The van der Waals surface area contributed by atoms with E-state index in [0.29, 0.717) is 6.42 Å². The summed E-state index contributed by atoms with van der Waals surface area (Å²) in [6.07, 6.45) is 0.470. The number of aliphatic hydroxyl groups is 1. The fraction of sp³-hybridized carbons (Fsp3) is 0.533. The SMILES string of the molecule is COC(=O)C(CN)(CC(C)CO)c1ccccc1C. The number of rotatable bonds is 6. The van der Waals surface area contributed by atoms with Crippen LogP contribution in [0.4, 0.5) is 0 Å². The second kappa shape index (κ2) is 6.68. The Kier molecular flexibility index (Phi) is 5.51. The summed E-state index contributed by atoms with van der Waals surface area (Å²) in [4.78, 5) is 12.3. The average Bonchev–Trinajstić information content (AvgIpc) is 2.44. The van der Waals surface area contributed by atoms with Crippen LogP contribution in [0.5, 0.6) is 0 Å². The van der Waals surface area contributed by atoms with Crippen LogP contribution in [-0.4, -0.2) is 31.3 Å². The van der Waals surface area contributed by atoms with E-state index < -0.39 is 5.41 Å². The van der Waals surface area contributed by atoms with E-state index in [9.17, 15) is 9.90 Å². The molecule has 0 fully saturated rings. The topological polar surface area (TPSA) is 72.5 Å². The van der Waals surface area contributed by atoms with E-state index in [1.165, 1.54) is 7.11 Å². The number of aryl methyl sites for hydroxylation is 1. The fourth-order valence-corrected chi connectivity index (χ4v) is 2.54. The predicted octanol–water partition coefficient (Wildman–Crippen LogP) is 1.38. The summed E-state index contributed by atoms with van der Waals surface area (Å²) in [6, 6.07) is 7.67. The molecule has 0 spiro atoms. The molecule has 0 amide bonds. The molecule has 0 radical (unpaired) electrons. The highest BCUT2D eigenvalue weighted by atomic mass is 16.5. The molecule has 1 rings (SSSR count). The van der Waals surface area contributed by atoms with Crippen LogP contribution in [0.3, 0.4) is 0 Å². The molecule has 0 aliphatic rings. The summed E-state index contributed by atoms with van der Waals surface area (Å²) >= 11 is 0. The van der Waals surface area contributed by atoms with E-state index in [-0.39, 0.29) is 25.0 Å². The van der Waals surface area contributed by atoms with Crippen molar-refractivity contribution in [2.45, 2.75) is 25.7 Å². The number of benzene rings is 1. The average molecular weight is 265 g/mol. The Bertz CT molecular complexity index is 433. The number of aliphatic hydroxyl groups excluding tert-OH is 1. The van der Waals surface area contributed by atoms with Gasteiger partial charge in [0.2, 0.25) is 0 Å². The Morgan fingerprint density at radius 3 is 2.58 bits per heavy atom. The summed E-state index contributed by atoms with van der Waals surface area (Å²) in [6.45, 7) is 4.03. The van der Waals surface area contributed by atoms with Crippen LogP contribution in [-0.2, 0) is 14.9 Å². The Morgan fingerprint density at radius 2 is 2.11 bits per heavy atom. The zero-order chi connectivity index (χ0) is 14.5. The van der Waals surface area contributed by atoms with Gasteiger partial charge in [-0.3, -0.25) is 4.79 Å². The van der Waals surface area contributed by atoms with Gasteiger partial charge in [0, 0.05) is 13.2 Å². The molecule has 19 heavy (non-hydrogen) atoms. The molecule has 2 atom stereocenters. The van der Waals surface area contributed by atoms with E-state index in [1.807, 2.05) is 38.1 Å². The summed E-state index contributed by atoms with van der Waals surface area (Å²) in [5.41, 5.74) is 6.90. The summed E-state index contributed by atoms with van der Waals surface area (Å²) < 4.78 is 4.96. The Balaban J connectivity index is 3.32. The third-order valence-electron chi connectivity index (χ3n) is 3.59. The van der Waals surface area contributed by atoms with Crippen molar-refractivity contribution in [3.63, 3.8) is 0 Å². The van der Waals surface area contributed by atoms with E-state index >= 15 is 0 Å². The lowest BCUT2D eigenvalue weighted by atomic mass is 9.72. The van der Waals surface area contributed by atoms with Gasteiger partial charge in [-0.2, -0.15) is 0 Å². The van der Waals surface area contributed by atoms with Crippen LogP contribution in [0.2, 0.25) is 0 Å². The van der Waals surface area contributed by atoms with Crippen molar-refractivity contribution in [3.8, 4) is 0 Å². The smallest absolute Gasteiger partial charge is 0.317 e. The van der Waals surface area contributed by atoms with Gasteiger partial charge in [-0.05, 0) is 30.4 Å². The molecule has 1 aromatic carbocycles. The lowest BCUT2D eigenvalue weighted by molar-refractivity contribution is -0.148. The fourth-order valence-electron chi connectivity index (χ4n) is 2.54. The molecule has 0 heterocycles. The van der Waals surface area contributed by atoms with Gasteiger partial charge in [0.05, 0.1) is 7.11 Å². The minimum atomic E-state index is -0.887. The standard InChI is InChI=1S/C15H23NO3/c1-11(9-17)8-15(10-16,14(18)19-3)13-7-5-4-6-12(13)2/h4-7,11,17H,8-10,16H2,1-3H3. The highest BCUT2D eigenvalue weighted by molar-refractivity contribution is 5.84. The van der Waals surface area contributed by atoms with Gasteiger partial charge >= 0.3 is 5.97 Å². The number of nitrogens with two attached hydrogens (primary N) is 1. The minimum Gasteiger partial charge on any atom is -0.468 e. The molecule has 106 valence electrons. The highest BCUT2D eigenvalue weighted by Gasteiger charge is 2.42. The number of hydrogen-bond acceptors (Lipinski definition) is 4. The molecule has 0 bridgehead atoms. The van der Waals surface area contributed by atoms with Crippen LogP contribution < -0.4 is 5.73 Å². The molecular weight excluding hydrogens is 242 g/mol. The number of ether oxygens (including phenoxy) is 1. The van der Waals surface area contributed by atoms with Crippen LogP contribution >= 0.6 is 0 Å². The first kappa shape index (κ1) is 15.7. The van der Waals surface area contributed by atoms with Crippen molar-refractivity contribution in [3.05, 3.63) is 35.4 Å². The molecule has 0 saturated carbocycles. The number of carbonyl (C=O) groups excluding carboxylic acids is 1. The van der Waals surface area contributed by atoms with Crippen molar-refractivity contribution < 1.29 is 14.6 Å². The van der Waals surface area contributed by atoms with E-state index in [4.69, 9.17) is 10.5 Å². The van der Waals surface area contributed by atoms with Crippen molar-refractivity contribution in [2.75, 3.05) is 20.3 Å². The highest BCUT2D eigenvalue weighted by Crippen LogP contribution is 2.34. The Labute approximate surface area is 114 Å². The summed E-state index contributed by atoms with van der Waals surface area (Å²) in [5, 5.41) is 9.27. The van der Waals surface area contributed by atoms with E-state index in [0.717, 1.165) is 11.1 Å². The first-order chi connectivity index (χ1) is 9.01. The summed E-state index contributed by atoms with van der Waals surface area (Å²) in [7, 11) is 1.37. The maximum atomic E-state index is 12.3. The van der Waals surface area contributed by atoms with Crippen LogP contribution in [0.25, 0.3) is 0 Å². The second-order valence-corrected chi connectivity index (χ2v) is 5.08. The van der Waals surface area contributed by atoms with Gasteiger partial charge in [0.15, 0.2) is 0 Å². The second-order valence-electron chi connectivity index (χ2n) is 5.08. The molecule has 0 saturated heterocycles. The first-order valence-electron chi connectivity index (χ1n) is 6.47. The van der Waals surface area contributed by atoms with Gasteiger partial charge in [0.25, 0.3) is 0 Å². The Morgan fingerprint density at radius 1 is 1.47 bits per heavy atom. The molecule has 0 aliphatic heterocycles. The molecule has 1 aromatic rings. The van der Waals surface area contributed by atoms with E-state index in [2.05, 4.69) is 0 Å². The van der Waals surface area contributed by atoms with Gasteiger partial charge in [-0.15, -0.1) is 0 Å². The maximum Gasteiger partial charge on any atom is 0.317 e. The monoisotopic (exact) mass is 265 g/mol. The van der Waals surface area contributed by atoms with Gasteiger partial charge in [-0.25, -0.2) is 0 Å². The molecule has 0 aliphatic carbocycles. The van der Waals surface area contributed by atoms with Gasteiger partial charge in [-0.1, -0.05) is 31.2 Å². The number of methoxy groups -OCH3 is 1. The first-order valence-corrected chi connectivity index (χ1v) is 6.47. The van der Waals surface area contributed by atoms with Crippen molar-refractivity contribution in [1.29, 1.82) is 0 Å². The molecule has 2 unspecified atom stereocenters. The van der Waals surface area contributed by atoms with E-state index in [1.54, 1.807) is 0 Å². The number of carbonyl (C=O) groups is 1. The quantitative estimate of drug-likeness (QED) is 0.762. The zero-order valence-corrected chi connectivity index (χ0v) is 11.8. The normalized spacial score (nSPS) is 15.6. The lowest BCUT2D eigenvalue weighted by Gasteiger charge is -2.33. The van der Waals surface area contributed by atoms with Crippen LogP contribution in [0.15, 0.2) is 24.3 Å². The molecule has 4 nitrogen and oxygen atoms in total. The molecular formula is C15H23NO3. The maximum absolute atomic E-state index is 12.3. The third kappa shape index (κ3) is 3.14.